The number of nitrogens with one attached hydrogen (secondary N) is 1. The number of amides is 1. The first kappa shape index (κ1) is 23.7. The quantitative estimate of drug-likeness (QED) is 0.529. The molecule has 0 aliphatic carbocycles. The Morgan fingerprint density at radius 3 is 2.53 bits per heavy atom. The van der Waals surface area contributed by atoms with E-state index in [1.807, 2.05) is 74.9 Å². The summed E-state index contributed by atoms with van der Waals surface area (Å²) < 4.78 is 5.89. The zero-order valence-corrected chi connectivity index (χ0v) is 20.0. The fraction of sp³-hybridized carbons (Fsp3) is 0.333. The number of carbonyl (C=O) groups excluding carboxylic acids is 1. The molecule has 7 heteroatoms. The Hall–Kier alpha value is -3.42. The van der Waals surface area contributed by atoms with Gasteiger partial charge in [0.2, 0.25) is 0 Å². The van der Waals surface area contributed by atoms with Gasteiger partial charge >= 0.3 is 0 Å². The smallest absolute Gasteiger partial charge is 0.254 e. The molecule has 0 unspecified atom stereocenters. The minimum Gasteiger partial charge on any atom is -0.457 e. The molecule has 0 atom stereocenters. The molecule has 1 aliphatic rings. The van der Waals surface area contributed by atoms with Gasteiger partial charge in [-0.15, -0.1) is 0 Å². The predicted molar refractivity (Wildman–Crippen MR) is 136 cm³/mol. The van der Waals surface area contributed by atoms with Gasteiger partial charge in [0.05, 0.1) is 0 Å². The number of rotatable bonds is 9. The molecular formula is C27H33N5O2. The number of hydrogen-bond acceptors (Lipinski definition) is 6. The van der Waals surface area contributed by atoms with Crippen LogP contribution in [0.5, 0.6) is 11.5 Å². The fourth-order valence-electron chi connectivity index (χ4n) is 4.09. The zero-order chi connectivity index (χ0) is 23.8. The van der Waals surface area contributed by atoms with Crippen LogP contribution in [0.2, 0.25) is 0 Å². The number of carbonyl (C=O) groups is 1. The van der Waals surface area contributed by atoms with Crippen molar-refractivity contribution in [3.8, 4) is 11.5 Å². The summed E-state index contributed by atoms with van der Waals surface area (Å²) in [6.45, 7) is 6.59. The molecule has 3 aromatic rings. The third-order valence-corrected chi connectivity index (χ3v) is 6.01. The molecule has 0 bridgehead atoms. The van der Waals surface area contributed by atoms with E-state index in [0.717, 1.165) is 56.4 Å². The Kier molecular flexibility index (Phi) is 8.12. The monoisotopic (exact) mass is 459 g/mol. The van der Waals surface area contributed by atoms with E-state index in [4.69, 9.17) is 4.74 Å². The largest absolute Gasteiger partial charge is 0.457 e. The van der Waals surface area contributed by atoms with Crippen LogP contribution in [0.25, 0.3) is 0 Å². The molecule has 1 N–H and O–H groups in total. The minimum atomic E-state index is -0.0463. The summed E-state index contributed by atoms with van der Waals surface area (Å²) >= 11 is 0. The van der Waals surface area contributed by atoms with Gasteiger partial charge in [-0.25, -0.2) is 4.98 Å². The molecule has 1 amide bonds. The normalized spacial score (nSPS) is 14.1. The topological polar surface area (TPSA) is 60.9 Å². The van der Waals surface area contributed by atoms with E-state index in [1.165, 1.54) is 0 Å². The van der Waals surface area contributed by atoms with Crippen LogP contribution in [0.1, 0.15) is 15.9 Å². The number of aromatic nitrogens is 1. The molecule has 0 radical (unpaired) electrons. The Morgan fingerprint density at radius 2 is 1.76 bits per heavy atom. The Bertz CT molecular complexity index is 1070. The van der Waals surface area contributed by atoms with E-state index < -0.39 is 0 Å². The van der Waals surface area contributed by atoms with Crippen molar-refractivity contribution in [1.29, 1.82) is 0 Å². The highest BCUT2D eigenvalue weighted by atomic mass is 16.5. The van der Waals surface area contributed by atoms with Crippen molar-refractivity contribution in [2.45, 2.75) is 6.54 Å². The fourth-order valence-corrected chi connectivity index (χ4v) is 4.09. The van der Waals surface area contributed by atoms with Crippen LogP contribution in [-0.4, -0.2) is 74.1 Å². The number of ether oxygens (including phenoxy) is 1. The second kappa shape index (κ2) is 11.6. The van der Waals surface area contributed by atoms with Crippen LogP contribution in [-0.2, 0) is 6.54 Å². The summed E-state index contributed by atoms with van der Waals surface area (Å²) in [5, 5.41) is 3.21. The van der Waals surface area contributed by atoms with E-state index in [-0.39, 0.29) is 5.91 Å². The van der Waals surface area contributed by atoms with E-state index in [0.29, 0.717) is 17.9 Å². The first-order valence-corrected chi connectivity index (χ1v) is 11.8. The summed E-state index contributed by atoms with van der Waals surface area (Å²) in [5.41, 5.74) is 1.66. The first-order chi connectivity index (χ1) is 16.6. The lowest BCUT2D eigenvalue weighted by molar-refractivity contribution is 0.0784. The van der Waals surface area contributed by atoms with Crippen molar-refractivity contribution in [3.63, 3.8) is 0 Å². The Labute approximate surface area is 202 Å². The molecule has 34 heavy (non-hydrogen) atoms. The number of likely N-dealkylation sites (N-methyl/N-ethyl adjacent to an activating group) is 1. The van der Waals surface area contributed by atoms with Crippen LogP contribution in [0.4, 0.5) is 5.82 Å². The van der Waals surface area contributed by atoms with Crippen molar-refractivity contribution in [3.05, 3.63) is 84.1 Å². The Morgan fingerprint density at radius 1 is 1.00 bits per heavy atom. The van der Waals surface area contributed by atoms with Gasteiger partial charge in [0.15, 0.2) is 0 Å². The number of piperazine rings is 1. The van der Waals surface area contributed by atoms with E-state index >= 15 is 0 Å². The third kappa shape index (κ3) is 6.34. The summed E-state index contributed by atoms with van der Waals surface area (Å²) in [5.74, 6) is 2.32. The minimum absolute atomic E-state index is 0.0463. The average molecular weight is 460 g/mol. The molecule has 0 spiro atoms. The number of hydrogen-bond donors (Lipinski definition) is 1. The lowest BCUT2D eigenvalue weighted by atomic mass is 10.1. The molecule has 1 saturated heterocycles. The van der Waals surface area contributed by atoms with Crippen molar-refractivity contribution < 1.29 is 9.53 Å². The number of para-hydroxylation sites is 1. The maximum atomic E-state index is 13.1. The molecule has 2 aromatic carbocycles. The molecule has 178 valence electrons. The summed E-state index contributed by atoms with van der Waals surface area (Å²) in [7, 11) is 3.82. The van der Waals surface area contributed by atoms with Gasteiger partial charge in [-0.1, -0.05) is 24.3 Å². The van der Waals surface area contributed by atoms with Crippen molar-refractivity contribution in [2.24, 2.45) is 0 Å². The number of pyridine rings is 1. The van der Waals surface area contributed by atoms with Gasteiger partial charge in [0, 0.05) is 64.6 Å². The second-order valence-electron chi connectivity index (χ2n) is 8.56. The molecule has 1 aromatic heterocycles. The van der Waals surface area contributed by atoms with Gasteiger partial charge in [0.1, 0.15) is 17.3 Å². The van der Waals surface area contributed by atoms with Crippen LogP contribution >= 0.6 is 0 Å². The highest BCUT2D eigenvalue weighted by molar-refractivity contribution is 5.94. The highest BCUT2D eigenvalue weighted by Crippen LogP contribution is 2.23. The molecule has 2 heterocycles. The summed E-state index contributed by atoms with van der Waals surface area (Å²) in [4.78, 5) is 24.2. The highest BCUT2D eigenvalue weighted by Gasteiger charge is 2.19. The van der Waals surface area contributed by atoms with Crippen molar-refractivity contribution in [1.82, 2.24) is 20.1 Å². The first-order valence-electron chi connectivity index (χ1n) is 11.8. The van der Waals surface area contributed by atoms with E-state index in [9.17, 15) is 4.79 Å². The molecular weight excluding hydrogens is 426 g/mol. The van der Waals surface area contributed by atoms with Crippen LogP contribution in [0.3, 0.4) is 0 Å². The lowest BCUT2D eigenvalue weighted by Gasteiger charge is -2.35. The van der Waals surface area contributed by atoms with Gasteiger partial charge < -0.3 is 19.9 Å². The van der Waals surface area contributed by atoms with E-state index in [2.05, 4.69) is 26.2 Å². The molecule has 4 rings (SSSR count). The van der Waals surface area contributed by atoms with Crippen molar-refractivity contribution >= 4 is 11.7 Å². The van der Waals surface area contributed by atoms with Crippen molar-refractivity contribution in [2.75, 3.05) is 58.3 Å². The standard InChI is InChI=1S/C27H33N5O2/c1-28-13-14-31-15-17-32(18-16-31)26-19-22(11-12-29-26)21-30(2)27(33)23-7-6-10-25(20-23)34-24-8-4-3-5-9-24/h3-12,19-20,28H,13-18,21H2,1-2H3. The molecule has 7 nitrogen and oxygen atoms in total. The van der Waals surface area contributed by atoms with Crippen LogP contribution in [0, 0.1) is 0 Å². The van der Waals surface area contributed by atoms with Gasteiger partial charge in [-0.05, 0) is 55.1 Å². The van der Waals surface area contributed by atoms with Gasteiger partial charge in [-0.3, -0.25) is 9.69 Å². The second-order valence-corrected chi connectivity index (χ2v) is 8.56. The van der Waals surface area contributed by atoms with Gasteiger partial charge in [0.25, 0.3) is 5.91 Å². The third-order valence-electron chi connectivity index (χ3n) is 6.01. The number of benzene rings is 2. The number of anilines is 1. The average Bonchev–Trinajstić information content (AvgIpc) is 2.88. The Balaban J connectivity index is 1.36. The van der Waals surface area contributed by atoms with E-state index in [1.54, 1.807) is 11.0 Å². The van der Waals surface area contributed by atoms with Gasteiger partial charge in [-0.2, -0.15) is 0 Å². The summed E-state index contributed by atoms with van der Waals surface area (Å²) in [6, 6.07) is 21.0. The molecule has 0 saturated carbocycles. The molecule has 1 fully saturated rings. The SMILES string of the molecule is CNCCN1CCN(c2cc(CN(C)C(=O)c3cccc(Oc4ccccc4)c3)ccn2)CC1. The maximum Gasteiger partial charge on any atom is 0.254 e. The van der Waals surface area contributed by atoms with Crippen LogP contribution < -0.4 is 15.0 Å². The number of nitrogens with zero attached hydrogens (tertiary/aromatic N) is 4. The zero-order valence-electron chi connectivity index (χ0n) is 20.0. The maximum absolute atomic E-state index is 13.1. The predicted octanol–water partition coefficient (Wildman–Crippen LogP) is 3.49. The molecule has 1 aliphatic heterocycles. The van der Waals surface area contributed by atoms with Crippen LogP contribution in [0.15, 0.2) is 72.9 Å². The summed E-state index contributed by atoms with van der Waals surface area (Å²) in [6.07, 6.45) is 1.84. The lowest BCUT2D eigenvalue weighted by Crippen LogP contribution is -2.48.